The van der Waals surface area contributed by atoms with E-state index in [-0.39, 0.29) is 17.4 Å². The smallest absolute Gasteiger partial charge is 0.320 e. The molecule has 1 aliphatic heterocycles. The fraction of sp³-hybridized carbons (Fsp3) is 0.533. The van der Waals surface area contributed by atoms with Crippen molar-refractivity contribution in [3.63, 3.8) is 0 Å². The van der Waals surface area contributed by atoms with Gasteiger partial charge in [-0.05, 0) is 18.9 Å². The van der Waals surface area contributed by atoms with Crippen LogP contribution in [-0.2, 0) is 14.1 Å². The van der Waals surface area contributed by atoms with Gasteiger partial charge in [0.15, 0.2) is 0 Å². The summed E-state index contributed by atoms with van der Waals surface area (Å²) in [6, 6.07) is 1.71. The number of amides is 1. The van der Waals surface area contributed by atoms with Crippen LogP contribution in [0.15, 0.2) is 18.5 Å². The highest BCUT2D eigenvalue weighted by Gasteiger charge is 2.34. The molecule has 1 amide bonds. The lowest BCUT2D eigenvalue weighted by Crippen LogP contribution is -2.35. The Kier molecular flexibility index (Phi) is 4.32. The molecule has 9 nitrogen and oxygen atoms in total. The molecule has 9 heteroatoms. The van der Waals surface area contributed by atoms with Crippen LogP contribution in [0.1, 0.15) is 47.9 Å². The molecule has 0 aliphatic carbocycles. The second-order valence-corrected chi connectivity index (χ2v) is 6.07. The summed E-state index contributed by atoms with van der Waals surface area (Å²) in [5, 5.41) is 19.7. The highest BCUT2D eigenvalue weighted by molar-refractivity contribution is 5.96. The van der Waals surface area contributed by atoms with E-state index in [0.717, 1.165) is 31.4 Å². The first-order chi connectivity index (χ1) is 11.5. The molecule has 0 radical (unpaired) electrons. The monoisotopic (exact) mass is 332 g/mol. The molecule has 0 spiro atoms. The summed E-state index contributed by atoms with van der Waals surface area (Å²) < 4.78 is 3.01. The minimum absolute atomic E-state index is 0.106. The summed E-state index contributed by atoms with van der Waals surface area (Å²) in [6.07, 6.45) is 6.79. The van der Waals surface area contributed by atoms with Crippen molar-refractivity contribution in [3.05, 3.63) is 40.0 Å². The molecule has 128 valence electrons. The molecule has 1 fully saturated rings. The molecule has 0 aromatic carbocycles. The van der Waals surface area contributed by atoms with Crippen LogP contribution in [0.5, 0.6) is 0 Å². The topological polar surface area (TPSA) is 99.1 Å². The van der Waals surface area contributed by atoms with E-state index >= 15 is 0 Å². The Bertz CT molecular complexity index is 765. The Morgan fingerprint density at radius 3 is 2.71 bits per heavy atom. The Labute approximate surface area is 139 Å². The summed E-state index contributed by atoms with van der Waals surface area (Å²) in [5.41, 5.74) is 0.447. The lowest BCUT2D eigenvalue weighted by Gasteiger charge is -2.28. The van der Waals surface area contributed by atoms with E-state index in [0.29, 0.717) is 6.54 Å². The van der Waals surface area contributed by atoms with Crippen LogP contribution < -0.4 is 0 Å². The average Bonchev–Trinajstić information content (AvgIpc) is 3.05. The fourth-order valence-electron chi connectivity index (χ4n) is 3.17. The zero-order chi connectivity index (χ0) is 17.3. The van der Waals surface area contributed by atoms with E-state index in [1.807, 2.05) is 19.3 Å². The van der Waals surface area contributed by atoms with E-state index in [4.69, 9.17) is 0 Å². The first-order valence-electron chi connectivity index (χ1n) is 7.96. The van der Waals surface area contributed by atoms with Crippen LogP contribution >= 0.6 is 0 Å². The standard InChI is InChI=1S/C15H20N6O3/c1-18-9-7-11(16-18)12-6-4-3-5-8-20(12)15(22)14-13(21(23)24)10-19(2)17-14/h7,9-10,12H,3-6,8H2,1-2H3. The Morgan fingerprint density at radius 1 is 1.25 bits per heavy atom. The molecule has 1 aliphatic rings. The number of aryl methyl sites for hydroxylation is 2. The van der Waals surface area contributed by atoms with Crippen molar-refractivity contribution < 1.29 is 9.72 Å². The van der Waals surface area contributed by atoms with E-state index in [1.165, 1.54) is 10.9 Å². The number of rotatable bonds is 3. The molecule has 3 rings (SSSR count). The van der Waals surface area contributed by atoms with Crippen LogP contribution in [0, 0.1) is 10.1 Å². The van der Waals surface area contributed by atoms with Gasteiger partial charge < -0.3 is 4.90 Å². The fourth-order valence-corrected chi connectivity index (χ4v) is 3.17. The van der Waals surface area contributed by atoms with Gasteiger partial charge in [-0.25, -0.2) is 0 Å². The van der Waals surface area contributed by atoms with E-state index in [9.17, 15) is 14.9 Å². The minimum Gasteiger partial charge on any atom is -0.328 e. The number of nitro groups is 1. The minimum atomic E-state index is -0.562. The molecule has 0 saturated carbocycles. The van der Waals surface area contributed by atoms with Gasteiger partial charge in [0.2, 0.25) is 5.69 Å². The van der Waals surface area contributed by atoms with Gasteiger partial charge in [0, 0.05) is 26.8 Å². The molecular formula is C15H20N6O3. The molecule has 0 N–H and O–H groups in total. The maximum atomic E-state index is 13.0. The van der Waals surface area contributed by atoms with Crippen LogP contribution in [0.2, 0.25) is 0 Å². The largest absolute Gasteiger partial charge is 0.328 e. The summed E-state index contributed by atoms with van der Waals surface area (Å²) >= 11 is 0. The number of nitrogens with zero attached hydrogens (tertiary/aromatic N) is 6. The number of carbonyl (C=O) groups excluding carboxylic acids is 1. The SMILES string of the molecule is Cn1ccc(C2CCCCCN2C(=O)c2nn(C)cc2[N+](=O)[O-])n1. The third-order valence-electron chi connectivity index (χ3n) is 4.30. The van der Waals surface area contributed by atoms with Crippen molar-refractivity contribution in [2.24, 2.45) is 14.1 Å². The molecule has 3 heterocycles. The Morgan fingerprint density at radius 2 is 2.04 bits per heavy atom. The van der Waals surface area contributed by atoms with Gasteiger partial charge in [0.1, 0.15) is 6.20 Å². The first-order valence-corrected chi connectivity index (χ1v) is 7.96. The maximum Gasteiger partial charge on any atom is 0.320 e. The van der Waals surface area contributed by atoms with E-state index < -0.39 is 10.8 Å². The lowest BCUT2D eigenvalue weighted by atomic mass is 10.1. The molecule has 24 heavy (non-hydrogen) atoms. The van der Waals surface area contributed by atoms with E-state index in [2.05, 4.69) is 10.2 Å². The number of carbonyl (C=O) groups is 1. The Balaban J connectivity index is 1.97. The zero-order valence-electron chi connectivity index (χ0n) is 13.8. The van der Waals surface area contributed by atoms with Crippen molar-refractivity contribution in [1.82, 2.24) is 24.5 Å². The molecule has 0 bridgehead atoms. The number of hydrogen-bond donors (Lipinski definition) is 0. The predicted octanol–water partition coefficient (Wildman–Crippen LogP) is 1.82. The van der Waals surface area contributed by atoms with Crippen LogP contribution in [0.4, 0.5) is 5.69 Å². The normalized spacial score (nSPS) is 18.4. The van der Waals surface area contributed by atoms with Gasteiger partial charge >= 0.3 is 5.69 Å². The number of aromatic nitrogens is 4. The molecule has 1 unspecified atom stereocenters. The maximum absolute atomic E-state index is 13.0. The summed E-state index contributed by atoms with van der Waals surface area (Å²) in [5.74, 6) is -0.403. The molecule has 2 aromatic heterocycles. The average molecular weight is 332 g/mol. The van der Waals surface area contributed by atoms with Crippen molar-refractivity contribution in [1.29, 1.82) is 0 Å². The lowest BCUT2D eigenvalue weighted by molar-refractivity contribution is -0.385. The van der Waals surface area contributed by atoms with Gasteiger partial charge in [0.05, 0.1) is 16.7 Å². The molecule has 1 atom stereocenters. The van der Waals surface area contributed by atoms with Gasteiger partial charge in [-0.15, -0.1) is 0 Å². The van der Waals surface area contributed by atoms with Gasteiger partial charge in [-0.2, -0.15) is 10.2 Å². The van der Waals surface area contributed by atoms with Crippen molar-refractivity contribution in [2.45, 2.75) is 31.7 Å². The third-order valence-corrected chi connectivity index (χ3v) is 4.30. The van der Waals surface area contributed by atoms with Gasteiger partial charge in [-0.1, -0.05) is 12.8 Å². The highest BCUT2D eigenvalue weighted by Crippen LogP contribution is 2.31. The van der Waals surface area contributed by atoms with Gasteiger partial charge in [0.25, 0.3) is 5.91 Å². The second-order valence-electron chi connectivity index (χ2n) is 6.07. The molecule has 1 saturated heterocycles. The highest BCUT2D eigenvalue weighted by atomic mass is 16.6. The quantitative estimate of drug-likeness (QED) is 0.630. The van der Waals surface area contributed by atoms with Crippen molar-refractivity contribution in [3.8, 4) is 0 Å². The Hall–Kier alpha value is -2.71. The summed E-state index contributed by atoms with van der Waals surface area (Å²) in [7, 11) is 3.40. The van der Waals surface area contributed by atoms with Crippen LogP contribution in [0.25, 0.3) is 0 Å². The van der Waals surface area contributed by atoms with Crippen molar-refractivity contribution >= 4 is 11.6 Å². The zero-order valence-corrected chi connectivity index (χ0v) is 13.8. The molecule has 2 aromatic rings. The molecular weight excluding hydrogens is 312 g/mol. The summed E-state index contributed by atoms with van der Waals surface area (Å²) in [6.45, 7) is 0.549. The summed E-state index contributed by atoms with van der Waals surface area (Å²) in [4.78, 5) is 25.3. The first kappa shape index (κ1) is 16.2. The van der Waals surface area contributed by atoms with Crippen LogP contribution in [0.3, 0.4) is 0 Å². The van der Waals surface area contributed by atoms with Gasteiger partial charge in [-0.3, -0.25) is 24.3 Å². The van der Waals surface area contributed by atoms with E-state index in [1.54, 1.807) is 16.6 Å². The second kappa shape index (κ2) is 6.42. The number of hydrogen-bond acceptors (Lipinski definition) is 5. The third kappa shape index (κ3) is 3.01. The van der Waals surface area contributed by atoms with Crippen LogP contribution in [-0.4, -0.2) is 41.8 Å². The van der Waals surface area contributed by atoms with Crippen molar-refractivity contribution in [2.75, 3.05) is 6.54 Å². The number of likely N-dealkylation sites (tertiary alicyclic amines) is 1. The predicted molar refractivity (Wildman–Crippen MR) is 85.3 cm³/mol.